The summed E-state index contributed by atoms with van der Waals surface area (Å²) in [7, 11) is 0. The van der Waals surface area contributed by atoms with Crippen molar-refractivity contribution in [3.8, 4) is 0 Å². The van der Waals surface area contributed by atoms with Crippen LogP contribution in [0.25, 0.3) is 0 Å². The molecule has 1 atom stereocenters. The molecule has 0 aliphatic carbocycles. The van der Waals surface area contributed by atoms with E-state index in [0.29, 0.717) is 6.54 Å². The lowest BCUT2D eigenvalue weighted by Crippen LogP contribution is -2.56. The molecule has 1 aromatic rings. The van der Waals surface area contributed by atoms with Crippen LogP contribution in [0, 0.1) is 0 Å². The number of hydrogen-bond acceptors (Lipinski definition) is 3. The van der Waals surface area contributed by atoms with Gasteiger partial charge in [0.2, 0.25) is 11.8 Å². The van der Waals surface area contributed by atoms with Crippen LogP contribution in [0.1, 0.15) is 12.6 Å². The standard InChI is InChI=1S/C11H13N3O2/c1-8-11(16)14(7-10(15)13-8)6-9-4-2-3-5-12-9/h2-5,8H,6-7H2,1H3,(H,13,15). The van der Waals surface area contributed by atoms with Crippen molar-refractivity contribution >= 4 is 11.8 Å². The number of aromatic nitrogens is 1. The molecule has 16 heavy (non-hydrogen) atoms. The van der Waals surface area contributed by atoms with Gasteiger partial charge in [-0.2, -0.15) is 0 Å². The predicted molar refractivity (Wildman–Crippen MR) is 57.3 cm³/mol. The van der Waals surface area contributed by atoms with E-state index >= 15 is 0 Å². The van der Waals surface area contributed by atoms with Gasteiger partial charge in [0.1, 0.15) is 12.6 Å². The second kappa shape index (κ2) is 4.30. The lowest BCUT2D eigenvalue weighted by atomic mass is 10.2. The summed E-state index contributed by atoms with van der Waals surface area (Å²) in [5.74, 6) is -0.187. The third-order valence-electron chi connectivity index (χ3n) is 2.47. The van der Waals surface area contributed by atoms with Gasteiger partial charge in [0.25, 0.3) is 0 Å². The minimum Gasteiger partial charge on any atom is -0.343 e. The molecule has 2 amide bonds. The molecule has 1 fully saturated rings. The molecular formula is C11H13N3O2. The largest absolute Gasteiger partial charge is 0.343 e. The zero-order valence-corrected chi connectivity index (χ0v) is 9.01. The molecule has 0 aromatic carbocycles. The Kier molecular flexibility index (Phi) is 2.85. The SMILES string of the molecule is CC1NC(=O)CN(Cc2ccccn2)C1=O. The van der Waals surface area contributed by atoms with Gasteiger partial charge in [-0.15, -0.1) is 0 Å². The number of carbonyl (C=O) groups is 2. The van der Waals surface area contributed by atoms with Crippen molar-refractivity contribution in [2.45, 2.75) is 19.5 Å². The molecule has 2 heterocycles. The fraction of sp³-hybridized carbons (Fsp3) is 0.364. The monoisotopic (exact) mass is 219 g/mol. The highest BCUT2D eigenvalue weighted by atomic mass is 16.2. The Labute approximate surface area is 93.5 Å². The maximum absolute atomic E-state index is 11.8. The van der Waals surface area contributed by atoms with E-state index in [1.807, 2.05) is 18.2 Å². The number of pyridine rings is 1. The smallest absolute Gasteiger partial charge is 0.245 e. The third-order valence-corrected chi connectivity index (χ3v) is 2.47. The fourth-order valence-corrected chi connectivity index (χ4v) is 1.70. The first-order valence-electron chi connectivity index (χ1n) is 5.15. The molecule has 5 heteroatoms. The maximum Gasteiger partial charge on any atom is 0.245 e. The molecule has 1 saturated heterocycles. The normalized spacial score (nSPS) is 20.8. The van der Waals surface area contributed by atoms with Crippen molar-refractivity contribution in [1.29, 1.82) is 0 Å². The van der Waals surface area contributed by atoms with Gasteiger partial charge in [-0.05, 0) is 19.1 Å². The summed E-state index contributed by atoms with van der Waals surface area (Å²) in [4.78, 5) is 28.7. The van der Waals surface area contributed by atoms with Gasteiger partial charge in [-0.25, -0.2) is 0 Å². The minimum atomic E-state index is -0.440. The Bertz CT molecular complexity index is 405. The van der Waals surface area contributed by atoms with Crippen LogP contribution in [0.3, 0.4) is 0 Å². The van der Waals surface area contributed by atoms with Crippen LogP contribution in [0.4, 0.5) is 0 Å². The third kappa shape index (κ3) is 2.18. The van der Waals surface area contributed by atoms with E-state index in [1.54, 1.807) is 13.1 Å². The van der Waals surface area contributed by atoms with Gasteiger partial charge in [0.15, 0.2) is 0 Å². The average molecular weight is 219 g/mol. The van der Waals surface area contributed by atoms with E-state index in [0.717, 1.165) is 5.69 Å². The van der Waals surface area contributed by atoms with Gasteiger partial charge in [-0.3, -0.25) is 14.6 Å². The molecule has 5 nitrogen and oxygen atoms in total. The highest BCUT2D eigenvalue weighted by Crippen LogP contribution is 2.07. The van der Waals surface area contributed by atoms with E-state index in [4.69, 9.17) is 0 Å². The Morgan fingerprint density at radius 1 is 1.50 bits per heavy atom. The molecule has 0 spiro atoms. The minimum absolute atomic E-state index is 0.0646. The molecule has 1 aromatic heterocycles. The summed E-state index contributed by atoms with van der Waals surface area (Å²) in [6.45, 7) is 2.18. The first-order valence-corrected chi connectivity index (χ1v) is 5.15. The zero-order chi connectivity index (χ0) is 11.5. The van der Waals surface area contributed by atoms with Gasteiger partial charge in [0.05, 0.1) is 12.2 Å². The van der Waals surface area contributed by atoms with Gasteiger partial charge in [-0.1, -0.05) is 6.07 Å². The molecule has 0 bridgehead atoms. The first-order chi connectivity index (χ1) is 7.66. The average Bonchev–Trinajstić information content (AvgIpc) is 2.27. The van der Waals surface area contributed by atoms with Crippen molar-refractivity contribution in [2.75, 3.05) is 6.54 Å². The number of amides is 2. The number of rotatable bonds is 2. The van der Waals surface area contributed by atoms with E-state index in [9.17, 15) is 9.59 Å². The fourth-order valence-electron chi connectivity index (χ4n) is 1.70. The summed E-state index contributed by atoms with van der Waals surface area (Å²) >= 11 is 0. The van der Waals surface area contributed by atoms with Gasteiger partial charge in [0, 0.05) is 6.20 Å². The molecule has 1 aliphatic heterocycles. The Morgan fingerprint density at radius 2 is 2.31 bits per heavy atom. The van der Waals surface area contributed by atoms with Crippen molar-refractivity contribution in [2.24, 2.45) is 0 Å². The van der Waals surface area contributed by atoms with Crippen LogP contribution < -0.4 is 5.32 Å². The molecule has 2 rings (SSSR count). The number of nitrogens with one attached hydrogen (secondary N) is 1. The van der Waals surface area contributed by atoms with Gasteiger partial charge >= 0.3 is 0 Å². The summed E-state index contributed by atoms with van der Waals surface area (Å²) < 4.78 is 0. The quantitative estimate of drug-likeness (QED) is 0.757. The highest BCUT2D eigenvalue weighted by molar-refractivity contribution is 5.94. The van der Waals surface area contributed by atoms with Crippen LogP contribution in [0.2, 0.25) is 0 Å². The van der Waals surface area contributed by atoms with Crippen molar-refractivity contribution < 1.29 is 9.59 Å². The summed E-state index contributed by atoms with van der Waals surface area (Å²) in [5, 5.41) is 2.59. The number of piperazine rings is 1. The van der Waals surface area contributed by atoms with Crippen LogP contribution in [-0.2, 0) is 16.1 Å². The van der Waals surface area contributed by atoms with Crippen molar-refractivity contribution in [1.82, 2.24) is 15.2 Å². The summed E-state index contributed by atoms with van der Waals surface area (Å²) in [6, 6.07) is 5.08. The summed E-state index contributed by atoms with van der Waals surface area (Å²) in [6.07, 6.45) is 1.67. The van der Waals surface area contributed by atoms with E-state index < -0.39 is 6.04 Å². The van der Waals surface area contributed by atoms with Crippen molar-refractivity contribution in [3.05, 3.63) is 30.1 Å². The van der Waals surface area contributed by atoms with Crippen molar-refractivity contribution in [3.63, 3.8) is 0 Å². The molecule has 1 unspecified atom stereocenters. The number of nitrogens with zero attached hydrogens (tertiary/aromatic N) is 2. The molecule has 0 radical (unpaired) electrons. The molecular weight excluding hydrogens is 206 g/mol. The number of carbonyl (C=O) groups excluding carboxylic acids is 2. The first kappa shape index (κ1) is 10.6. The maximum atomic E-state index is 11.8. The van der Waals surface area contributed by atoms with Gasteiger partial charge < -0.3 is 10.2 Å². The van der Waals surface area contributed by atoms with Crippen LogP contribution >= 0.6 is 0 Å². The molecule has 0 saturated carbocycles. The Balaban J connectivity index is 2.09. The second-order valence-corrected chi connectivity index (χ2v) is 3.80. The van der Waals surface area contributed by atoms with Crippen LogP contribution in [-0.4, -0.2) is 34.3 Å². The molecule has 1 aliphatic rings. The molecule has 84 valence electrons. The van der Waals surface area contributed by atoms with Crippen LogP contribution in [0.5, 0.6) is 0 Å². The van der Waals surface area contributed by atoms with E-state index in [-0.39, 0.29) is 18.4 Å². The Hall–Kier alpha value is -1.91. The van der Waals surface area contributed by atoms with Crippen LogP contribution in [0.15, 0.2) is 24.4 Å². The zero-order valence-electron chi connectivity index (χ0n) is 9.01. The highest BCUT2D eigenvalue weighted by Gasteiger charge is 2.29. The van der Waals surface area contributed by atoms with E-state index in [2.05, 4.69) is 10.3 Å². The number of hydrogen-bond donors (Lipinski definition) is 1. The second-order valence-electron chi connectivity index (χ2n) is 3.80. The lowest BCUT2D eigenvalue weighted by Gasteiger charge is -2.30. The molecule has 1 N–H and O–H groups in total. The lowest BCUT2D eigenvalue weighted by molar-refractivity contribution is -0.144. The predicted octanol–water partition coefficient (Wildman–Crippen LogP) is -0.0715. The van der Waals surface area contributed by atoms with E-state index in [1.165, 1.54) is 4.90 Å². The topological polar surface area (TPSA) is 62.3 Å². The Morgan fingerprint density at radius 3 is 3.00 bits per heavy atom. The summed E-state index contributed by atoms with van der Waals surface area (Å²) in [5.41, 5.74) is 0.790.